The third-order valence-electron chi connectivity index (χ3n) is 4.16. The van der Waals surface area contributed by atoms with E-state index in [0.717, 1.165) is 16.4 Å². The fraction of sp³-hybridized carbons (Fsp3) is 0.474. The third-order valence-corrected chi connectivity index (χ3v) is 6.77. The first-order chi connectivity index (χ1) is 11.6. The average Bonchev–Trinajstić information content (AvgIpc) is 3.21. The summed E-state index contributed by atoms with van der Waals surface area (Å²) in [6.45, 7) is 4.25. The zero-order chi connectivity index (χ0) is 16.9. The van der Waals surface area contributed by atoms with Crippen molar-refractivity contribution in [3.63, 3.8) is 0 Å². The Morgan fingerprint density at radius 3 is 2.79 bits per heavy atom. The van der Waals surface area contributed by atoms with Gasteiger partial charge in [0.1, 0.15) is 0 Å². The maximum atomic E-state index is 12.4. The van der Waals surface area contributed by atoms with Gasteiger partial charge in [0.05, 0.1) is 22.8 Å². The molecule has 0 spiro atoms. The highest BCUT2D eigenvalue weighted by Crippen LogP contribution is 2.38. The van der Waals surface area contributed by atoms with E-state index in [4.69, 9.17) is 0 Å². The van der Waals surface area contributed by atoms with Gasteiger partial charge in [-0.15, -0.1) is 23.1 Å². The van der Waals surface area contributed by atoms with Crippen LogP contribution in [0.25, 0.3) is 0 Å². The predicted octanol–water partition coefficient (Wildman–Crippen LogP) is 5.48. The first kappa shape index (κ1) is 17.5. The van der Waals surface area contributed by atoms with Gasteiger partial charge in [0.15, 0.2) is 0 Å². The highest BCUT2D eigenvalue weighted by Gasteiger charge is 2.18. The van der Waals surface area contributed by atoms with Crippen molar-refractivity contribution in [3.05, 3.63) is 40.3 Å². The number of anilines is 1. The van der Waals surface area contributed by atoms with Crippen molar-refractivity contribution < 1.29 is 4.79 Å². The Balaban J connectivity index is 1.63. The molecule has 0 atom stereocenters. The molecule has 0 radical (unpaired) electrons. The SMILES string of the molecule is CC(C)c1nc(CC(=O)Nc2ccccc2SC2CCCC2)cs1. The highest BCUT2D eigenvalue weighted by molar-refractivity contribution is 8.00. The molecule has 1 N–H and O–H groups in total. The van der Waals surface area contributed by atoms with Gasteiger partial charge in [0, 0.05) is 21.4 Å². The molecule has 0 aliphatic heterocycles. The number of thiazole rings is 1. The van der Waals surface area contributed by atoms with Crippen molar-refractivity contribution in [3.8, 4) is 0 Å². The number of benzene rings is 1. The van der Waals surface area contributed by atoms with Crippen LogP contribution in [-0.4, -0.2) is 16.1 Å². The van der Waals surface area contributed by atoms with Crippen LogP contribution >= 0.6 is 23.1 Å². The van der Waals surface area contributed by atoms with Crippen LogP contribution in [-0.2, 0) is 11.2 Å². The fourth-order valence-corrected chi connectivity index (χ4v) is 5.05. The standard InChI is InChI=1S/C19H24N2OS2/c1-13(2)19-20-14(12-23-19)11-18(22)21-16-9-5-6-10-17(16)24-15-7-3-4-8-15/h5-6,9-10,12-13,15H,3-4,7-8,11H2,1-2H3,(H,21,22). The molecular weight excluding hydrogens is 336 g/mol. The van der Waals surface area contributed by atoms with E-state index < -0.39 is 0 Å². The van der Waals surface area contributed by atoms with Gasteiger partial charge < -0.3 is 5.32 Å². The number of nitrogens with zero attached hydrogens (tertiary/aromatic N) is 1. The molecule has 1 saturated carbocycles. The molecule has 1 aliphatic rings. The number of nitrogens with one attached hydrogen (secondary N) is 1. The first-order valence-corrected chi connectivity index (χ1v) is 10.4. The van der Waals surface area contributed by atoms with Crippen LogP contribution in [0.4, 0.5) is 5.69 Å². The summed E-state index contributed by atoms with van der Waals surface area (Å²) in [7, 11) is 0. The number of carbonyl (C=O) groups excluding carboxylic acids is 1. The van der Waals surface area contributed by atoms with Crippen molar-refractivity contribution in [2.24, 2.45) is 0 Å². The van der Waals surface area contributed by atoms with E-state index >= 15 is 0 Å². The van der Waals surface area contributed by atoms with Crippen LogP contribution in [0.1, 0.15) is 56.2 Å². The van der Waals surface area contributed by atoms with E-state index in [1.807, 2.05) is 35.3 Å². The second-order valence-electron chi connectivity index (χ2n) is 6.58. The molecule has 1 aromatic heterocycles. The van der Waals surface area contributed by atoms with Gasteiger partial charge >= 0.3 is 0 Å². The minimum atomic E-state index is 0.00933. The smallest absolute Gasteiger partial charge is 0.230 e. The number of aromatic nitrogens is 1. The number of thioether (sulfide) groups is 1. The van der Waals surface area contributed by atoms with E-state index in [2.05, 4.69) is 30.2 Å². The van der Waals surface area contributed by atoms with Gasteiger partial charge in [0.25, 0.3) is 0 Å². The van der Waals surface area contributed by atoms with Crippen LogP contribution in [0, 0.1) is 0 Å². The number of hydrogen-bond acceptors (Lipinski definition) is 4. The van der Waals surface area contributed by atoms with E-state index in [1.54, 1.807) is 11.3 Å². The summed E-state index contributed by atoms with van der Waals surface area (Å²) >= 11 is 3.54. The van der Waals surface area contributed by atoms with Crippen LogP contribution in [0.3, 0.4) is 0 Å². The number of hydrogen-bond donors (Lipinski definition) is 1. The fourth-order valence-electron chi connectivity index (χ4n) is 2.89. The van der Waals surface area contributed by atoms with E-state index in [-0.39, 0.29) is 5.91 Å². The normalized spacial score (nSPS) is 15.1. The van der Waals surface area contributed by atoms with Gasteiger partial charge in [-0.05, 0) is 25.0 Å². The lowest BCUT2D eigenvalue weighted by molar-refractivity contribution is -0.115. The molecule has 1 aromatic carbocycles. The lowest BCUT2D eigenvalue weighted by Gasteiger charge is -2.13. The molecule has 1 aliphatic carbocycles. The second-order valence-corrected chi connectivity index (χ2v) is 8.81. The molecule has 0 saturated heterocycles. The van der Waals surface area contributed by atoms with Crippen molar-refractivity contribution >= 4 is 34.7 Å². The second kappa shape index (κ2) is 8.17. The predicted molar refractivity (Wildman–Crippen MR) is 103 cm³/mol. The average molecular weight is 361 g/mol. The highest BCUT2D eigenvalue weighted by atomic mass is 32.2. The molecule has 0 unspecified atom stereocenters. The largest absolute Gasteiger partial charge is 0.325 e. The van der Waals surface area contributed by atoms with Gasteiger partial charge in [-0.25, -0.2) is 4.98 Å². The summed E-state index contributed by atoms with van der Waals surface area (Å²) in [6, 6.07) is 8.13. The maximum absolute atomic E-state index is 12.4. The van der Waals surface area contributed by atoms with Gasteiger partial charge in [-0.1, -0.05) is 38.8 Å². The van der Waals surface area contributed by atoms with Crippen molar-refractivity contribution in [2.75, 3.05) is 5.32 Å². The number of carbonyl (C=O) groups is 1. The van der Waals surface area contributed by atoms with E-state index in [0.29, 0.717) is 17.6 Å². The Kier molecular flexibility index (Phi) is 5.95. The van der Waals surface area contributed by atoms with Crippen LogP contribution < -0.4 is 5.32 Å². The Morgan fingerprint density at radius 1 is 1.33 bits per heavy atom. The molecule has 1 amide bonds. The van der Waals surface area contributed by atoms with Gasteiger partial charge in [-0.2, -0.15) is 0 Å². The Hall–Kier alpha value is -1.33. The molecular formula is C19H24N2OS2. The number of para-hydroxylation sites is 1. The number of rotatable bonds is 6. The molecule has 3 rings (SSSR count). The van der Waals surface area contributed by atoms with Gasteiger partial charge in [0.2, 0.25) is 5.91 Å². The third kappa shape index (κ3) is 4.61. The quantitative estimate of drug-likeness (QED) is 0.741. The molecule has 3 nitrogen and oxygen atoms in total. The zero-order valence-corrected chi connectivity index (χ0v) is 15.9. The molecule has 1 fully saturated rings. The minimum absolute atomic E-state index is 0.00933. The van der Waals surface area contributed by atoms with Crippen LogP contribution in [0.15, 0.2) is 34.5 Å². The number of amides is 1. The molecule has 2 aromatic rings. The van der Waals surface area contributed by atoms with Crippen molar-refractivity contribution in [1.82, 2.24) is 4.98 Å². The maximum Gasteiger partial charge on any atom is 0.230 e. The molecule has 1 heterocycles. The van der Waals surface area contributed by atoms with Crippen molar-refractivity contribution in [1.29, 1.82) is 0 Å². The summed E-state index contributed by atoms with van der Waals surface area (Å²) in [4.78, 5) is 18.1. The Morgan fingerprint density at radius 2 is 2.08 bits per heavy atom. The van der Waals surface area contributed by atoms with Crippen LogP contribution in [0.2, 0.25) is 0 Å². The summed E-state index contributed by atoms with van der Waals surface area (Å²) < 4.78 is 0. The van der Waals surface area contributed by atoms with E-state index in [1.165, 1.54) is 30.6 Å². The minimum Gasteiger partial charge on any atom is -0.325 e. The Labute approximate surface area is 152 Å². The molecule has 128 valence electrons. The monoisotopic (exact) mass is 360 g/mol. The summed E-state index contributed by atoms with van der Waals surface area (Å²) in [5.74, 6) is 0.422. The lowest BCUT2D eigenvalue weighted by atomic mass is 10.2. The zero-order valence-electron chi connectivity index (χ0n) is 14.2. The van der Waals surface area contributed by atoms with Crippen molar-refractivity contribution in [2.45, 2.75) is 62.0 Å². The summed E-state index contributed by atoms with van der Waals surface area (Å²) in [5, 5.41) is 6.85. The summed E-state index contributed by atoms with van der Waals surface area (Å²) in [6.07, 6.45) is 5.56. The molecule has 24 heavy (non-hydrogen) atoms. The van der Waals surface area contributed by atoms with Gasteiger partial charge in [-0.3, -0.25) is 4.79 Å². The molecule has 0 bridgehead atoms. The van der Waals surface area contributed by atoms with Crippen LogP contribution in [0.5, 0.6) is 0 Å². The lowest BCUT2D eigenvalue weighted by Crippen LogP contribution is -2.15. The Bertz CT molecular complexity index is 690. The van der Waals surface area contributed by atoms with E-state index in [9.17, 15) is 4.79 Å². The summed E-state index contributed by atoms with van der Waals surface area (Å²) in [5.41, 5.74) is 1.79. The molecule has 5 heteroatoms. The first-order valence-electron chi connectivity index (χ1n) is 8.61. The topological polar surface area (TPSA) is 42.0 Å².